The number of ether oxygens (including phenoxy) is 1. The molecule has 0 bridgehead atoms. The summed E-state index contributed by atoms with van der Waals surface area (Å²) in [5.74, 6) is -0.916. The predicted octanol–water partition coefficient (Wildman–Crippen LogP) is 0.578. The smallest absolute Gasteiger partial charge is 0.335 e. The van der Waals surface area contributed by atoms with Crippen molar-refractivity contribution in [3.8, 4) is 0 Å². The van der Waals surface area contributed by atoms with Crippen LogP contribution in [-0.4, -0.2) is 53.5 Å². The van der Waals surface area contributed by atoms with Crippen LogP contribution in [0.4, 0.5) is 0 Å². The Labute approximate surface area is 106 Å². The summed E-state index contributed by atoms with van der Waals surface area (Å²) in [6.45, 7) is 2.78. The van der Waals surface area contributed by atoms with Crippen molar-refractivity contribution in [3.63, 3.8) is 0 Å². The third-order valence-electron chi connectivity index (χ3n) is 3.15. The lowest BCUT2D eigenvalue weighted by molar-refractivity contribution is -0.0312. The van der Waals surface area contributed by atoms with Crippen molar-refractivity contribution in [2.75, 3.05) is 26.4 Å². The SMILES string of the molecule is O=C(O)c1ccc(CN2CCOCC2CO)cc1. The molecular formula is C13H17NO4. The van der Waals surface area contributed by atoms with E-state index in [1.54, 1.807) is 12.1 Å². The summed E-state index contributed by atoms with van der Waals surface area (Å²) in [6.07, 6.45) is 0. The number of benzene rings is 1. The van der Waals surface area contributed by atoms with E-state index in [0.717, 1.165) is 12.1 Å². The highest BCUT2D eigenvalue weighted by Crippen LogP contribution is 2.13. The van der Waals surface area contributed by atoms with E-state index in [1.807, 2.05) is 12.1 Å². The zero-order chi connectivity index (χ0) is 13.0. The molecule has 0 aliphatic carbocycles. The van der Waals surface area contributed by atoms with Crippen LogP contribution in [0.2, 0.25) is 0 Å². The molecule has 5 nitrogen and oxygen atoms in total. The molecule has 0 spiro atoms. The number of carboxylic acid groups (broad SMARTS) is 1. The Morgan fingerprint density at radius 2 is 2.11 bits per heavy atom. The Hall–Kier alpha value is -1.43. The normalized spacial score (nSPS) is 20.8. The number of aliphatic hydroxyl groups excluding tert-OH is 1. The van der Waals surface area contributed by atoms with Crippen LogP contribution in [0.5, 0.6) is 0 Å². The molecule has 1 fully saturated rings. The van der Waals surface area contributed by atoms with Gasteiger partial charge in [0.05, 0.1) is 31.4 Å². The van der Waals surface area contributed by atoms with Gasteiger partial charge in [-0.1, -0.05) is 12.1 Å². The fourth-order valence-corrected chi connectivity index (χ4v) is 2.05. The molecule has 5 heteroatoms. The maximum Gasteiger partial charge on any atom is 0.335 e. The molecule has 0 aromatic heterocycles. The van der Waals surface area contributed by atoms with E-state index < -0.39 is 5.97 Å². The third-order valence-corrected chi connectivity index (χ3v) is 3.15. The summed E-state index contributed by atoms with van der Waals surface area (Å²) in [5.41, 5.74) is 1.33. The van der Waals surface area contributed by atoms with Crippen molar-refractivity contribution in [1.29, 1.82) is 0 Å². The second kappa shape index (κ2) is 5.95. The van der Waals surface area contributed by atoms with E-state index >= 15 is 0 Å². The molecule has 2 N–H and O–H groups in total. The quantitative estimate of drug-likeness (QED) is 0.819. The monoisotopic (exact) mass is 251 g/mol. The highest BCUT2D eigenvalue weighted by Gasteiger charge is 2.22. The predicted molar refractivity (Wildman–Crippen MR) is 65.5 cm³/mol. The van der Waals surface area contributed by atoms with Gasteiger partial charge in [0, 0.05) is 13.1 Å². The Bertz CT molecular complexity index is 404. The van der Waals surface area contributed by atoms with Crippen molar-refractivity contribution >= 4 is 5.97 Å². The average molecular weight is 251 g/mol. The fourth-order valence-electron chi connectivity index (χ4n) is 2.05. The Morgan fingerprint density at radius 1 is 1.39 bits per heavy atom. The molecule has 1 aromatic carbocycles. The zero-order valence-corrected chi connectivity index (χ0v) is 10.1. The standard InChI is InChI=1S/C13H17NO4/c15-8-12-9-18-6-5-14(12)7-10-1-3-11(4-2-10)13(16)17/h1-4,12,15H,5-9H2,(H,16,17). The minimum atomic E-state index is -0.916. The van der Waals surface area contributed by atoms with E-state index in [9.17, 15) is 9.90 Å². The number of nitrogens with zero attached hydrogens (tertiary/aromatic N) is 1. The number of aliphatic hydroxyl groups is 1. The summed E-state index contributed by atoms with van der Waals surface area (Å²) in [6, 6.07) is 6.86. The minimum Gasteiger partial charge on any atom is -0.478 e. The number of morpholine rings is 1. The Kier molecular flexibility index (Phi) is 4.30. The van der Waals surface area contributed by atoms with Gasteiger partial charge in [-0.2, -0.15) is 0 Å². The molecule has 1 saturated heterocycles. The zero-order valence-electron chi connectivity index (χ0n) is 10.1. The summed E-state index contributed by atoms with van der Waals surface area (Å²) in [4.78, 5) is 12.9. The second-order valence-electron chi connectivity index (χ2n) is 4.38. The first kappa shape index (κ1) is 13.0. The molecule has 18 heavy (non-hydrogen) atoms. The molecule has 1 aromatic rings. The van der Waals surface area contributed by atoms with E-state index in [4.69, 9.17) is 9.84 Å². The lowest BCUT2D eigenvalue weighted by Gasteiger charge is -2.34. The lowest BCUT2D eigenvalue weighted by Crippen LogP contribution is -2.46. The van der Waals surface area contributed by atoms with Crippen molar-refractivity contribution in [2.24, 2.45) is 0 Å². The molecule has 2 rings (SSSR count). The van der Waals surface area contributed by atoms with Gasteiger partial charge in [0.2, 0.25) is 0 Å². The lowest BCUT2D eigenvalue weighted by atomic mass is 10.1. The van der Waals surface area contributed by atoms with Gasteiger partial charge >= 0.3 is 5.97 Å². The van der Waals surface area contributed by atoms with Crippen molar-refractivity contribution in [3.05, 3.63) is 35.4 Å². The topological polar surface area (TPSA) is 70.0 Å². The fraction of sp³-hybridized carbons (Fsp3) is 0.462. The van der Waals surface area contributed by atoms with Crippen molar-refractivity contribution in [2.45, 2.75) is 12.6 Å². The number of carboxylic acids is 1. The van der Waals surface area contributed by atoms with Gasteiger partial charge < -0.3 is 14.9 Å². The van der Waals surface area contributed by atoms with Crippen LogP contribution in [0.1, 0.15) is 15.9 Å². The van der Waals surface area contributed by atoms with Crippen LogP contribution in [0.15, 0.2) is 24.3 Å². The summed E-state index contributed by atoms with van der Waals surface area (Å²) in [5, 5.41) is 18.1. The first-order valence-corrected chi connectivity index (χ1v) is 5.95. The average Bonchev–Trinajstić information content (AvgIpc) is 2.40. The second-order valence-corrected chi connectivity index (χ2v) is 4.38. The van der Waals surface area contributed by atoms with E-state index in [2.05, 4.69) is 4.90 Å². The molecule has 0 amide bonds. The van der Waals surface area contributed by atoms with Gasteiger partial charge in [-0.25, -0.2) is 4.79 Å². The van der Waals surface area contributed by atoms with Gasteiger partial charge in [-0.15, -0.1) is 0 Å². The summed E-state index contributed by atoms with van der Waals surface area (Å²) < 4.78 is 5.31. The number of hydrogen-bond acceptors (Lipinski definition) is 4. The van der Waals surface area contributed by atoms with Gasteiger partial charge in [0.15, 0.2) is 0 Å². The summed E-state index contributed by atoms with van der Waals surface area (Å²) in [7, 11) is 0. The van der Waals surface area contributed by atoms with Crippen molar-refractivity contribution in [1.82, 2.24) is 4.90 Å². The van der Waals surface area contributed by atoms with Crippen LogP contribution in [-0.2, 0) is 11.3 Å². The third kappa shape index (κ3) is 3.07. The first-order valence-electron chi connectivity index (χ1n) is 5.95. The maximum absolute atomic E-state index is 10.7. The highest BCUT2D eigenvalue weighted by molar-refractivity contribution is 5.87. The van der Waals surface area contributed by atoms with E-state index in [-0.39, 0.29) is 12.6 Å². The Morgan fingerprint density at radius 3 is 2.72 bits per heavy atom. The molecular weight excluding hydrogens is 234 g/mol. The van der Waals surface area contributed by atoms with Gasteiger partial charge in [-0.3, -0.25) is 4.90 Å². The maximum atomic E-state index is 10.7. The van der Waals surface area contributed by atoms with Crippen LogP contribution in [0.25, 0.3) is 0 Å². The highest BCUT2D eigenvalue weighted by atomic mass is 16.5. The molecule has 0 saturated carbocycles. The molecule has 1 aliphatic rings. The molecule has 1 atom stereocenters. The number of rotatable bonds is 4. The van der Waals surface area contributed by atoms with E-state index in [1.165, 1.54) is 0 Å². The molecule has 1 aliphatic heterocycles. The molecule has 1 unspecified atom stereocenters. The molecule has 1 heterocycles. The first-order chi connectivity index (χ1) is 8.70. The van der Waals surface area contributed by atoms with Crippen LogP contribution in [0.3, 0.4) is 0 Å². The van der Waals surface area contributed by atoms with E-state index in [0.29, 0.717) is 25.3 Å². The van der Waals surface area contributed by atoms with Gasteiger partial charge in [-0.05, 0) is 17.7 Å². The van der Waals surface area contributed by atoms with Gasteiger partial charge in [0.1, 0.15) is 0 Å². The molecule has 98 valence electrons. The van der Waals surface area contributed by atoms with Crippen LogP contribution in [0, 0.1) is 0 Å². The van der Waals surface area contributed by atoms with Gasteiger partial charge in [0.25, 0.3) is 0 Å². The largest absolute Gasteiger partial charge is 0.478 e. The minimum absolute atomic E-state index is 0.0258. The van der Waals surface area contributed by atoms with Crippen LogP contribution >= 0.6 is 0 Å². The van der Waals surface area contributed by atoms with Crippen molar-refractivity contribution < 1.29 is 19.7 Å². The summed E-state index contributed by atoms with van der Waals surface area (Å²) >= 11 is 0. The number of carbonyl (C=O) groups is 1. The number of aromatic carboxylic acids is 1. The van der Waals surface area contributed by atoms with Crippen LogP contribution < -0.4 is 0 Å². The molecule has 0 radical (unpaired) electrons. The number of hydrogen-bond donors (Lipinski definition) is 2. The Balaban J connectivity index is 2.01.